The molecule has 168 valence electrons. The number of anilines is 1. The molecule has 0 bridgehead atoms. The Kier molecular flexibility index (Phi) is 5.82. The van der Waals surface area contributed by atoms with Crippen LogP contribution in [-0.4, -0.2) is 42.7 Å². The van der Waals surface area contributed by atoms with Gasteiger partial charge >= 0.3 is 5.97 Å². The van der Waals surface area contributed by atoms with Crippen LogP contribution in [0.1, 0.15) is 27.5 Å². The maximum absolute atomic E-state index is 12.7. The molecule has 1 N–H and O–H groups in total. The van der Waals surface area contributed by atoms with Crippen LogP contribution >= 0.6 is 22.9 Å². The number of sulfone groups is 1. The summed E-state index contributed by atoms with van der Waals surface area (Å²) in [6.45, 7) is 1.64. The Bertz CT molecular complexity index is 1440. The third kappa shape index (κ3) is 4.15. The normalized spacial score (nSPS) is 13.2. The number of fused-ring (bicyclic) bond motifs is 2. The van der Waals surface area contributed by atoms with Gasteiger partial charge in [-0.15, -0.1) is 11.3 Å². The SMILES string of the molecule is Cc1c(C(=O)OCC(=O)Nc2cc(S(C)(=O)=O)ccc2Cl)sc2nc3n(c(=O)c12)CCC3. The van der Waals surface area contributed by atoms with Crippen molar-refractivity contribution in [2.75, 3.05) is 18.2 Å². The van der Waals surface area contributed by atoms with Gasteiger partial charge in [0.05, 0.1) is 21.0 Å². The highest BCUT2D eigenvalue weighted by Gasteiger charge is 2.24. The predicted molar refractivity (Wildman–Crippen MR) is 120 cm³/mol. The van der Waals surface area contributed by atoms with E-state index in [4.69, 9.17) is 16.3 Å². The first-order valence-corrected chi connectivity index (χ1v) is 12.6. The minimum atomic E-state index is -3.49. The summed E-state index contributed by atoms with van der Waals surface area (Å²) in [5, 5.41) is 2.96. The Balaban J connectivity index is 1.49. The van der Waals surface area contributed by atoms with Crippen molar-refractivity contribution in [1.29, 1.82) is 0 Å². The number of nitrogens with one attached hydrogen (secondary N) is 1. The second-order valence-corrected chi connectivity index (χ2v) is 10.8. The summed E-state index contributed by atoms with van der Waals surface area (Å²) in [5.74, 6) is -0.737. The lowest BCUT2D eigenvalue weighted by Gasteiger charge is -2.09. The maximum atomic E-state index is 12.7. The number of esters is 1. The number of aryl methyl sites for hydroxylation is 2. The lowest BCUT2D eigenvalue weighted by Crippen LogP contribution is -2.22. The number of hydrogen-bond donors (Lipinski definition) is 1. The van der Waals surface area contributed by atoms with E-state index in [1.165, 1.54) is 18.2 Å². The van der Waals surface area contributed by atoms with Crippen LogP contribution in [0.3, 0.4) is 0 Å². The minimum absolute atomic E-state index is 0.0132. The molecule has 0 fully saturated rings. The molecule has 0 saturated carbocycles. The summed E-state index contributed by atoms with van der Waals surface area (Å²) < 4.78 is 30.1. The molecule has 0 aliphatic carbocycles. The van der Waals surface area contributed by atoms with Crippen LogP contribution in [0.15, 0.2) is 27.9 Å². The molecule has 0 atom stereocenters. The summed E-state index contributed by atoms with van der Waals surface area (Å²) in [6.07, 6.45) is 2.61. The minimum Gasteiger partial charge on any atom is -0.451 e. The number of rotatable bonds is 5. The third-order valence-corrected chi connectivity index (χ3v) is 7.68. The van der Waals surface area contributed by atoms with Gasteiger partial charge in [-0.05, 0) is 37.1 Å². The average Bonchev–Trinajstić information content (AvgIpc) is 3.32. The highest BCUT2D eigenvalue weighted by atomic mass is 35.5. The largest absolute Gasteiger partial charge is 0.451 e. The number of aromatic nitrogens is 2. The molecule has 0 unspecified atom stereocenters. The fraction of sp³-hybridized carbons (Fsp3) is 0.300. The number of benzene rings is 1. The fourth-order valence-corrected chi connectivity index (χ4v) is 5.38. The van der Waals surface area contributed by atoms with Crippen LogP contribution in [0.5, 0.6) is 0 Å². The van der Waals surface area contributed by atoms with Gasteiger partial charge in [0.25, 0.3) is 11.5 Å². The fourth-order valence-electron chi connectivity index (χ4n) is 3.48. The maximum Gasteiger partial charge on any atom is 0.349 e. The molecule has 32 heavy (non-hydrogen) atoms. The molecule has 9 nitrogen and oxygen atoms in total. The number of carbonyl (C=O) groups excluding carboxylic acids is 2. The zero-order chi connectivity index (χ0) is 23.2. The van der Waals surface area contributed by atoms with Crippen LogP contribution in [0.2, 0.25) is 5.02 Å². The van der Waals surface area contributed by atoms with Gasteiger partial charge in [0.1, 0.15) is 15.5 Å². The first kappa shape index (κ1) is 22.4. The standard InChI is InChI=1S/C20H18ClN3O6S2/c1-10-16-18(23-14-4-3-7-24(14)19(16)26)31-17(10)20(27)30-9-15(25)22-13-8-11(32(2,28)29)5-6-12(13)21/h5-6,8H,3-4,7,9H2,1-2H3,(H,22,25). The lowest BCUT2D eigenvalue weighted by molar-refractivity contribution is -0.119. The van der Waals surface area contributed by atoms with Crippen LogP contribution in [0.4, 0.5) is 5.69 Å². The second-order valence-electron chi connectivity index (χ2n) is 7.36. The number of nitrogens with zero attached hydrogens (tertiary/aromatic N) is 2. The number of hydrogen-bond acceptors (Lipinski definition) is 8. The van der Waals surface area contributed by atoms with Gasteiger partial charge in [-0.1, -0.05) is 11.6 Å². The van der Waals surface area contributed by atoms with Crippen molar-refractivity contribution in [2.45, 2.75) is 31.2 Å². The number of amides is 1. The Morgan fingerprint density at radius 2 is 2.09 bits per heavy atom. The Labute approximate surface area is 191 Å². The summed E-state index contributed by atoms with van der Waals surface area (Å²) >= 11 is 7.07. The van der Waals surface area contributed by atoms with E-state index >= 15 is 0 Å². The molecule has 0 saturated heterocycles. The van der Waals surface area contributed by atoms with Crippen molar-refractivity contribution >= 4 is 60.6 Å². The van der Waals surface area contributed by atoms with Crippen molar-refractivity contribution in [2.24, 2.45) is 0 Å². The van der Waals surface area contributed by atoms with Crippen LogP contribution < -0.4 is 10.9 Å². The molecule has 1 aliphatic heterocycles. The van der Waals surface area contributed by atoms with Crippen LogP contribution in [0, 0.1) is 6.92 Å². The topological polar surface area (TPSA) is 124 Å². The number of carbonyl (C=O) groups is 2. The van der Waals surface area contributed by atoms with E-state index in [2.05, 4.69) is 10.3 Å². The summed E-state index contributed by atoms with van der Waals surface area (Å²) in [5.41, 5.74) is 0.382. The molecule has 1 aromatic carbocycles. The van der Waals surface area contributed by atoms with E-state index in [9.17, 15) is 22.8 Å². The average molecular weight is 496 g/mol. The van der Waals surface area contributed by atoms with Gasteiger partial charge in [0.15, 0.2) is 16.4 Å². The number of thiophene rings is 1. The first-order chi connectivity index (χ1) is 15.1. The Morgan fingerprint density at radius 1 is 1.34 bits per heavy atom. The van der Waals surface area contributed by atoms with Gasteiger partial charge in [-0.3, -0.25) is 14.2 Å². The molecule has 2 aromatic heterocycles. The highest BCUT2D eigenvalue weighted by molar-refractivity contribution is 7.90. The molecule has 3 aromatic rings. The van der Waals surface area contributed by atoms with Gasteiger partial charge in [0, 0.05) is 19.2 Å². The highest BCUT2D eigenvalue weighted by Crippen LogP contribution is 2.29. The zero-order valence-corrected chi connectivity index (χ0v) is 19.5. The van der Waals surface area contributed by atoms with E-state index in [0.29, 0.717) is 34.6 Å². The first-order valence-electron chi connectivity index (χ1n) is 9.55. The Morgan fingerprint density at radius 3 is 2.81 bits per heavy atom. The molecule has 12 heteroatoms. The Hall–Kier alpha value is -2.76. The molecule has 0 radical (unpaired) electrons. The van der Waals surface area contributed by atoms with Crippen molar-refractivity contribution < 1.29 is 22.7 Å². The van der Waals surface area contributed by atoms with Crippen molar-refractivity contribution in [3.63, 3.8) is 0 Å². The predicted octanol–water partition coefficient (Wildman–Crippen LogP) is 2.57. The quantitative estimate of drug-likeness (QED) is 0.539. The van der Waals surface area contributed by atoms with Gasteiger partial charge < -0.3 is 10.1 Å². The van der Waals surface area contributed by atoms with E-state index in [-0.39, 0.29) is 26.0 Å². The summed E-state index contributed by atoms with van der Waals surface area (Å²) in [6, 6.07) is 3.90. The van der Waals surface area contributed by atoms with Crippen LogP contribution in [0.25, 0.3) is 10.2 Å². The molecule has 1 amide bonds. The second kappa shape index (κ2) is 8.30. The molecular weight excluding hydrogens is 478 g/mol. The van der Waals surface area contributed by atoms with Crippen molar-refractivity contribution in [3.8, 4) is 0 Å². The van der Waals surface area contributed by atoms with Crippen molar-refractivity contribution in [1.82, 2.24) is 9.55 Å². The van der Waals surface area contributed by atoms with E-state index in [0.717, 1.165) is 24.0 Å². The molecule has 4 rings (SSSR count). The zero-order valence-electron chi connectivity index (χ0n) is 17.1. The molecular formula is C20H18ClN3O6S2. The van der Waals surface area contributed by atoms with Gasteiger partial charge in [0.2, 0.25) is 0 Å². The summed E-state index contributed by atoms with van der Waals surface area (Å²) in [7, 11) is -3.49. The summed E-state index contributed by atoms with van der Waals surface area (Å²) in [4.78, 5) is 42.7. The third-order valence-electron chi connectivity index (χ3n) is 5.07. The molecule has 3 heterocycles. The molecule has 1 aliphatic rings. The van der Waals surface area contributed by atoms with Gasteiger partial charge in [-0.25, -0.2) is 18.2 Å². The molecule has 0 spiro atoms. The van der Waals surface area contributed by atoms with E-state index in [1.54, 1.807) is 11.5 Å². The number of halogens is 1. The van der Waals surface area contributed by atoms with Crippen molar-refractivity contribution in [3.05, 3.63) is 49.8 Å². The number of ether oxygens (including phenoxy) is 1. The lowest BCUT2D eigenvalue weighted by atomic mass is 10.2. The monoisotopic (exact) mass is 495 g/mol. The van der Waals surface area contributed by atoms with E-state index in [1.807, 2.05) is 0 Å². The smallest absolute Gasteiger partial charge is 0.349 e. The van der Waals surface area contributed by atoms with Gasteiger partial charge in [-0.2, -0.15) is 0 Å². The van der Waals surface area contributed by atoms with E-state index < -0.39 is 28.3 Å². The van der Waals surface area contributed by atoms with Crippen LogP contribution in [-0.2, 0) is 32.3 Å².